The fourth-order valence-corrected chi connectivity index (χ4v) is 2.81. The summed E-state index contributed by atoms with van der Waals surface area (Å²) in [6.45, 7) is 9.17. The molecule has 0 aromatic carbocycles. The molecule has 2 heterocycles. The highest BCUT2D eigenvalue weighted by molar-refractivity contribution is 5.96. The summed E-state index contributed by atoms with van der Waals surface area (Å²) < 4.78 is 1.58. The molecule has 0 bridgehead atoms. The van der Waals surface area contributed by atoms with Crippen molar-refractivity contribution in [2.75, 3.05) is 0 Å². The molecule has 24 heavy (non-hydrogen) atoms. The predicted molar refractivity (Wildman–Crippen MR) is 91.9 cm³/mol. The third kappa shape index (κ3) is 3.88. The van der Waals surface area contributed by atoms with Crippen molar-refractivity contribution in [3.63, 3.8) is 0 Å². The molecule has 0 aliphatic heterocycles. The van der Waals surface area contributed by atoms with E-state index in [2.05, 4.69) is 15.4 Å². The molecule has 1 amide bonds. The lowest BCUT2D eigenvalue weighted by molar-refractivity contribution is -0.122. The minimum Gasteiger partial charge on any atom is -0.346 e. The quantitative estimate of drug-likeness (QED) is 0.827. The van der Waals surface area contributed by atoms with Gasteiger partial charge in [0.1, 0.15) is 6.54 Å². The largest absolute Gasteiger partial charge is 0.346 e. The van der Waals surface area contributed by atoms with Gasteiger partial charge in [-0.25, -0.2) is 0 Å². The van der Waals surface area contributed by atoms with E-state index in [9.17, 15) is 9.59 Å². The molecule has 128 valence electrons. The number of Topliss-reactive ketones (excluding diaryl/α,β-unsaturated/α-hetero) is 1. The van der Waals surface area contributed by atoms with Gasteiger partial charge in [0.25, 0.3) is 0 Å². The highest BCUT2D eigenvalue weighted by Gasteiger charge is 2.19. The first-order valence-electron chi connectivity index (χ1n) is 8.10. The van der Waals surface area contributed by atoms with Crippen LogP contribution in [0, 0.1) is 20.8 Å². The number of carbonyl (C=O) groups excluding carboxylic acids is 2. The van der Waals surface area contributed by atoms with Crippen LogP contribution in [0.15, 0.2) is 18.3 Å². The maximum atomic E-state index is 12.4. The fraction of sp³-hybridized carbons (Fsp3) is 0.444. The van der Waals surface area contributed by atoms with Crippen LogP contribution >= 0.6 is 0 Å². The van der Waals surface area contributed by atoms with Crippen molar-refractivity contribution in [2.45, 2.75) is 53.6 Å². The van der Waals surface area contributed by atoms with Gasteiger partial charge in [-0.15, -0.1) is 0 Å². The first-order chi connectivity index (χ1) is 11.3. The molecule has 0 unspecified atom stereocenters. The van der Waals surface area contributed by atoms with Crippen LogP contribution in [0.1, 0.15) is 59.3 Å². The third-order valence-electron chi connectivity index (χ3n) is 4.06. The van der Waals surface area contributed by atoms with E-state index in [1.807, 2.05) is 32.9 Å². The van der Waals surface area contributed by atoms with E-state index < -0.39 is 0 Å². The minimum absolute atomic E-state index is 0.0352. The standard InChI is InChI=1S/C18H24N4O2/c1-6-15(16-8-7-11(2)9-19-16)20-17(24)10-22-13(4)18(14(5)23)12(3)21-22/h7-9,15H,6,10H2,1-5H3,(H,20,24)/t15-/m0/s1. The minimum atomic E-state index is -0.148. The van der Waals surface area contributed by atoms with Crippen LogP contribution < -0.4 is 5.32 Å². The number of pyridine rings is 1. The van der Waals surface area contributed by atoms with Gasteiger partial charge in [-0.05, 0) is 45.7 Å². The first-order valence-corrected chi connectivity index (χ1v) is 8.10. The van der Waals surface area contributed by atoms with Crippen LogP contribution in [-0.2, 0) is 11.3 Å². The average Bonchev–Trinajstić information content (AvgIpc) is 2.80. The van der Waals surface area contributed by atoms with E-state index in [0.717, 1.165) is 23.4 Å². The first kappa shape index (κ1) is 17.8. The Morgan fingerprint density at radius 2 is 1.96 bits per heavy atom. The molecule has 0 fully saturated rings. The SMILES string of the molecule is CC[C@H](NC(=O)Cn1nc(C)c(C(C)=O)c1C)c1ccc(C)cn1. The molecule has 2 aromatic rings. The number of carbonyl (C=O) groups is 2. The summed E-state index contributed by atoms with van der Waals surface area (Å²) in [4.78, 5) is 28.4. The van der Waals surface area contributed by atoms with Crippen LogP contribution in [0.2, 0.25) is 0 Å². The van der Waals surface area contributed by atoms with Crippen molar-refractivity contribution in [1.29, 1.82) is 0 Å². The highest BCUT2D eigenvalue weighted by atomic mass is 16.2. The van der Waals surface area contributed by atoms with E-state index in [1.54, 1.807) is 17.8 Å². The Bertz CT molecular complexity index is 747. The summed E-state index contributed by atoms with van der Waals surface area (Å²) in [5.41, 5.74) is 3.89. The molecule has 6 heteroatoms. The summed E-state index contributed by atoms with van der Waals surface area (Å²) in [7, 11) is 0. The Hall–Kier alpha value is -2.50. The zero-order valence-corrected chi connectivity index (χ0v) is 14.9. The zero-order valence-electron chi connectivity index (χ0n) is 14.9. The van der Waals surface area contributed by atoms with Crippen LogP contribution in [0.5, 0.6) is 0 Å². The van der Waals surface area contributed by atoms with E-state index in [4.69, 9.17) is 0 Å². The molecule has 0 saturated carbocycles. The summed E-state index contributed by atoms with van der Waals surface area (Å²) in [6.07, 6.45) is 2.54. The molecule has 2 aromatic heterocycles. The van der Waals surface area contributed by atoms with Gasteiger partial charge in [0.2, 0.25) is 5.91 Å². The molecule has 0 radical (unpaired) electrons. The lowest BCUT2D eigenvalue weighted by Crippen LogP contribution is -2.32. The summed E-state index contributed by atoms with van der Waals surface area (Å²) in [5.74, 6) is -0.183. The molecule has 0 saturated heterocycles. The smallest absolute Gasteiger partial charge is 0.242 e. The number of nitrogens with one attached hydrogen (secondary N) is 1. The van der Waals surface area contributed by atoms with Crippen LogP contribution in [0.4, 0.5) is 0 Å². The second-order valence-electron chi connectivity index (χ2n) is 6.05. The second kappa shape index (κ2) is 7.38. The molecule has 2 rings (SSSR count). The number of aryl methyl sites for hydroxylation is 2. The van der Waals surface area contributed by atoms with Crippen molar-refractivity contribution < 1.29 is 9.59 Å². The number of hydrogen-bond donors (Lipinski definition) is 1. The van der Waals surface area contributed by atoms with Crippen molar-refractivity contribution in [2.24, 2.45) is 0 Å². The van der Waals surface area contributed by atoms with Crippen LogP contribution in [-0.4, -0.2) is 26.5 Å². The second-order valence-corrected chi connectivity index (χ2v) is 6.05. The number of amides is 1. The van der Waals surface area contributed by atoms with E-state index in [-0.39, 0.29) is 24.3 Å². The Kier molecular flexibility index (Phi) is 5.49. The number of hydrogen-bond acceptors (Lipinski definition) is 4. The third-order valence-corrected chi connectivity index (χ3v) is 4.06. The molecule has 1 atom stereocenters. The number of rotatable bonds is 6. The zero-order chi connectivity index (χ0) is 17.9. The molecular formula is C18H24N4O2. The lowest BCUT2D eigenvalue weighted by atomic mass is 10.1. The van der Waals surface area contributed by atoms with Gasteiger partial charge in [0, 0.05) is 11.9 Å². The molecule has 1 N–H and O–H groups in total. The van der Waals surface area contributed by atoms with Gasteiger partial charge in [-0.1, -0.05) is 13.0 Å². The van der Waals surface area contributed by atoms with E-state index in [1.165, 1.54) is 6.92 Å². The fourth-order valence-electron chi connectivity index (χ4n) is 2.81. The van der Waals surface area contributed by atoms with Crippen molar-refractivity contribution in [1.82, 2.24) is 20.1 Å². The van der Waals surface area contributed by atoms with Crippen molar-refractivity contribution >= 4 is 11.7 Å². The number of ketones is 1. The van der Waals surface area contributed by atoms with E-state index in [0.29, 0.717) is 11.3 Å². The Labute approximate surface area is 142 Å². The maximum Gasteiger partial charge on any atom is 0.242 e. The predicted octanol–water partition coefficient (Wildman–Crippen LogP) is 2.67. The van der Waals surface area contributed by atoms with Gasteiger partial charge >= 0.3 is 0 Å². The summed E-state index contributed by atoms with van der Waals surface area (Å²) in [5, 5.41) is 7.30. The average molecular weight is 328 g/mol. The van der Waals surface area contributed by atoms with Crippen molar-refractivity contribution in [3.8, 4) is 0 Å². The maximum absolute atomic E-state index is 12.4. The van der Waals surface area contributed by atoms with Gasteiger partial charge in [0.05, 0.1) is 23.0 Å². The molecule has 6 nitrogen and oxygen atoms in total. The topological polar surface area (TPSA) is 76.9 Å². The van der Waals surface area contributed by atoms with Crippen LogP contribution in [0.3, 0.4) is 0 Å². The van der Waals surface area contributed by atoms with Crippen LogP contribution in [0.25, 0.3) is 0 Å². The van der Waals surface area contributed by atoms with Gasteiger partial charge in [-0.3, -0.25) is 19.3 Å². The van der Waals surface area contributed by atoms with Gasteiger partial charge in [0.15, 0.2) is 5.78 Å². The highest BCUT2D eigenvalue weighted by Crippen LogP contribution is 2.16. The van der Waals surface area contributed by atoms with Crippen molar-refractivity contribution in [3.05, 3.63) is 46.5 Å². The monoisotopic (exact) mass is 328 g/mol. The lowest BCUT2D eigenvalue weighted by Gasteiger charge is -2.17. The van der Waals surface area contributed by atoms with Gasteiger partial charge < -0.3 is 5.32 Å². The number of nitrogens with zero attached hydrogens (tertiary/aromatic N) is 3. The summed E-state index contributed by atoms with van der Waals surface area (Å²) >= 11 is 0. The van der Waals surface area contributed by atoms with Gasteiger partial charge in [-0.2, -0.15) is 5.10 Å². The number of aromatic nitrogens is 3. The van der Waals surface area contributed by atoms with E-state index >= 15 is 0 Å². The Morgan fingerprint density at radius 3 is 2.46 bits per heavy atom. The normalized spacial score (nSPS) is 12.0. The molecule has 0 aliphatic carbocycles. The Morgan fingerprint density at radius 1 is 1.25 bits per heavy atom. The molecule has 0 spiro atoms. The Balaban J connectivity index is 2.11. The summed E-state index contributed by atoms with van der Waals surface area (Å²) in [6, 6.07) is 3.78. The molecular weight excluding hydrogens is 304 g/mol. The molecule has 0 aliphatic rings.